The first-order valence-electron chi connectivity index (χ1n) is 7.32. The van der Waals surface area contributed by atoms with Crippen molar-refractivity contribution in [2.24, 2.45) is 5.41 Å². The molecule has 1 amide bonds. The molecular weight excluding hydrogens is 332 g/mol. The zero-order valence-electron chi connectivity index (χ0n) is 12.9. The number of ketones is 1. The van der Waals surface area contributed by atoms with E-state index in [4.69, 9.17) is 11.6 Å². The molecule has 0 atom stereocenters. The molecular formula is C17H17ClN2O2S. The van der Waals surface area contributed by atoms with Gasteiger partial charge in [-0.2, -0.15) is 0 Å². The van der Waals surface area contributed by atoms with Crippen molar-refractivity contribution in [2.45, 2.75) is 26.7 Å². The number of nitrogens with one attached hydrogen (secondary N) is 2. The lowest BCUT2D eigenvalue weighted by Crippen LogP contribution is -2.39. The van der Waals surface area contributed by atoms with Crippen LogP contribution in [0.4, 0.5) is 0 Å². The van der Waals surface area contributed by atoms with E-state index in [0.29, 0.717) is 22.7 Å². The van der Waals surface area contributed by atoms with Crippen LogP contribution in [0.5, 0.6) is 0 Å². The van der Waals surface area contributed by atoms with Crippen LogP contribution in [0.2, 0.25) is 5.02 Å². The van der Waals surface area contributed by atoms with Crippen molar-refractivity contribution in [2.75, 3.05) is 0 Å². The smallest absolute Gasteiger partial charge is 0.281 e. The Morgan fingerprint density at radius 3 is 2.70 bits per heavy atom. The molecule has 2 N–H and O–H groups in total. The molecule has 1 aromatic heterocycles. The first-order valence-corrected chi connectivity index (χ1v) is 8.52. The van der Waals surface area contributed by atoms with E-state index in [9.17, 15) is 9.59 Å². The van der Waals surface area contributed by atoms with Crippen LogP contribution in [0.25, 0.3) is 10.1 Å². The maximum atomic E-state index is 12.4. The third-order valence-electron chi connectivity index (χ3n) is 3.73. The highest BCUT2D eigenvalue weighted by molar-refractivity contribution is 7.21. The van der Waals surface area contributed by atoms with E-state index in [1.165, 1.54) is 11.3 Å². The summed E-state index contributed by atoms with van der Waals surface area (Å²) in [5.74, 6) is -0.231. The van der Waals surface area contributed by atoms with Gasteiger partial charge in [0.05, 0.1) is 5.02 Å². The van der Waals surface area contributed by atoms with E-state index < -0.39 is 0 Å². The number of hydrogen-bond acceptors (Lipinski definition) is 4. The van der Waals surface area contributed by atoms with Gasteiger partial charge in [0.25, 0.3) is 5.91 Å². The second-order valence-corrected chi connectivity index (χ2v) is 7.90. The van der Waals surface area contributed by atoms with Gasteiger partial charge in [0.15, 0.2) is 5.78 Å². The lowest BCUT2D eigenvalue weighted by molar-refractivity contribution is -0.117. The molecule has 1 heterocycles. The Balaban J connectivity index is 1.74. The molecule has 0 fully saturated rings. The van der Waals surface area contributed by atoms with E-state index in [-0.39, 0.29) is 17.1 Å². The van der Waals surface area contributed by atoms with E-state index in [1.54, 1.807) is 6.08 Å². The summed E-state index contributed by atoms with van der Waals surface area (Å²) in [4.78, 5) is 24.5. The number of amides is 1. The minimum absolute atomic E-state index is 0.0675. The number of benzene rings is 1. The molecule has 1 aromatic carbocycles. The van der Waals surface area contributed by atoms with E-state index in [2.05, 4.69) is 10.9 Å². The molecule has 0 unspecified atom stereocenters. The van der Waals surface area contributed by atoms with Gasteiger partial charge in [-0.15, -0.1) is 11.3 Å². The van der Waals surface area contributed by atoms with E-state index in [1.807, 2.05) is 38.1 Å². The average molecular weight is 349 g/mol. The molecule has 1 aliphatic rings. The number of halogens is 1. The van der Waals surface area contributed by atoms with Gasteiger partial charge in [-0.3, -0.25) is 15.0 Å². The van der Waals surface area contributed by atoms with Crippen molar-refractivity contribution in [1.82, 2.24) is 10.9 Å². The van der Waals surface area contributed by atoms with Crippen LogP contribution in [0, 0.1) is 5.41 Å². The molecule has 0 bridgehead atoms. The molecule has 120 valence electrons. The SMILES string of the molecule is CC1(C)CC(=O)C=C(NNC(=O)c2sc3ccccc3c2Cl)C1. The van der Waals surface area contributed by atoms with E-state index in [0.717, 1.165) is 15.8 Å². The third kappa shape index (κ3) is 3.41. The van der Waals surface area contributed by atoms with Crippen molar-refractivity contribution in [3.05, 3.63) is 45.9 Å². The fraction of sp³-hybridized carbons (Fsp3) is 0.294. The number of carbonyl (C=O) groups excluding carboxylic acids is 2. The quantitative estimate of drug-likeness (QED) is 0.822. The molecule has 0 saturated heterocycles. The van der Waals surface area contributed by atoms with Crippen LogP contribution >= 0.6 is 22.9 Å². The minimum Gasteiger partial charge on any atom is -0.302 e. The Morgan fingerprint density at radius 1 is 1.26 bits per heavy atom. The molecule has 6 heteroatoms. The Labute approximate surface area is 143 Å². The summed E-state index contributed by atoms with van der Waals surface area (Å²) in [6.07, 6.45) is 2.78. The largest absolute Gasteiger partial charge is 0.302 e. The zero-order chi connectivity index (χ0) is 16.6. The van der Waals surface area contributed by atoms with Gasteiger partial charge in [0.1, 0.15) is 4.88 Å². The number of thiophene rings is 1. The van der Waals surface area contributed by atoms with Gasteiger partial charge >= 0.3 is 0 Å². The number of rotatable bonds is 3. The predicted molar refractivity (Wildman–Crippen MR) is 93.5 cm³/mol. The Morgan fingerprint density at radius 2 is 2.00 bits per heavy atom. The monoisotopic (exact) mass is 348 g/mol. The maximum Gasteiger partial charge on any atom is 0.281 e. The predicted octanol–water partition coefficient (Wildman–Crippen LogP) is 4.06. The lowest BCUT2D eigenvalue weighted by atomic mass is 9.79. The van der Waals surface area contributed by atoms with Crippen molar-refractivity contribution in [3.63, 3.8) is 0 Å². The van der Waals surface area contributed by atoms with Gasteiger partial charge in [-0.25, -0.2) is 0 Å². The summed E-state index contributed by atoms with van der Waals surface area (Å²) in [6.45, 7) is 4.06. The standard InChI is InChI=1S/C17H17ClN2O2S/c1-17(2)8-10(7-11(21)9-17)19-20-16(22)15-14(18)12-5-3-4-6-13(12)23-15/h3-7,19H,8-9H2,1-2H3,(H,20,22). The summed E-state index contributed by atoms with van der Waals surface area (Å²) < 4.78 is 0.968. The molecule has 1 aliphatic carbocycles. The summed E-state index contributed by atoms with van der Waals surface area (Å²) in [7, 11) is 0. The first kappa shape index (κ1) is 16.0. The molecule has 3 rings (SSSR count). The number of carbonyl (C=O) groups is 2. The highest BCUT2D eigenvalue weighted by atomic mass is 35.5. The van der Waals surface area contributed by atoms with Crippen molar-refractivity contribution >= 4 is 44.7 Å². The highest BCUT2D eigenvalue weighted by Gasteiger charge is 2.28. The number of hydrogen-bond donors (Lipinski definition) is 2. The van der Waals surface area contributed by atoms with Gasteiger partial charge in [-0.1, -0.05) is 43.6 Å². The van der Waals surface area contributed by atoms with Gasteiger partial charge < -0.3 is 5.43 Å². The number of fused-ring (bicyclic) bond motifs is 1. The molecule has 2 aromatic rings. The van der Waals surface area contributed by atoms with Crippen LogP contribution in [0.1, 0.15) is 36.4 Å². The van der Waals surface area contributed by atoms with Gasteiger partial charge in [0, 0.05) is 28.3 Å². The Hall–Kier alpha value is -1.85. The van der Waals surface area contributed by atoms with Crippen LogP contribution in [-0.2, 0) is 4.79 Å². The zero-order valence-corrected chi connectivity index (χ0v) is 14.5. The number of allylic oxidation sites excluding steroid dienone is 2. The van der Waals surface area contributed by atoms with Crippen LogP contribution in [-0.4, -0.2) is 11.7 Å². The third-order valence-corrected chi connectivity index (χ3v) is 5.41. The molecule has 23 heavy (non-hydrogen) atoms. The second-order valence-electron chi connectivity index (χ2n) is 6.47. The molecule has 0 saturated carbocycles. The van der Waals surface area contributed by atoms with Crippen LogP contribution in [0.15, 0.2) is 36.0 Å². The van der Waals surface area contributed by atoms with E-state index >= 15 is 0 Å². The summed E-state index contributed by atoms with van der Waals surface area (Å²) in [5.41, 5.74) is 6.13. The molecule has 0 spiro atoms. The van der Waals surface area contributed by atoms with Crippen LogP contribution in [0.3, 0.4) is 0 Å². The Kier molecular flexibility index (Phi) is 4.17. The lowest BCUT2D eigenvalue weighted by Gasteiger charge is -2.29. The first-order chi connectivity index (χ1) is 10.9. The van der Waals surface area contributed by atoms with Crippen molar-refractivity contribution in [1.29, 1.82) is 0 Å². The highest BCUT2D eigenvalue weighted by Crippen LogP contribution is 2.35. The molecule has 4 nitrogen and oxygen atoms in total. The maximum absolute atomic E-state index is 12.4. The normalized spacial score (nSPS) is 17.0. The fourth-order valence-electron chi connectivity index (χ4n) is 2.78. The molecule has 0 radical (unpaired) electrons. The van der Waals surface area contributed by atoms with Gasteiger partial charge in [0.2, 0.25) is 0 Å². The van der Waals surface area contributed by atoms with Crippen molar-refractivity contribution in [3.8, 4) is 0 Å². The topological polar surface area (TPSA) is 58.2 Å². The summed E-state index contributed by atoms with van der Waals surface area (Å²) >= 11 is 7.64. The Bertz CT molecular complexity index is 823. The molecule has 0 aliphatic heterocycles. The van der Waals surface area contributed by atoms with Crippen LogP contribution < -0.4 is 10.9 Å². The number of hydrazine groups is 1. The second kappa shape index (κ2) is 5.98. The van der Waals surface area contributed by atoms with Gasteiger partial charge in [-0.05, 0) is 17.9 Å². The minimum atomic E-state index is -0.298. The summed E-state index contributed by atoms with van der Waals surface area (Å²) in [6, 6.07) is 7.63. The average Bonchev–Trinajstić information content (AvgIpc) is 2.80. The van der Waals surface area contributed by atoms with Crippen molar-refractivity contribution < 1.29 is 9.59 Å². The fourth-order valence-corrected chi connectivity index (χ4v) is 4.19. The summed E-state index contributed by atoms with van der Waals surface area (Å²) in [5, 5.41) is 1.33.